The van der Waals surface area contributed by atoms with Gasteiger partial charge in [0.05, 0.1) is 5.39 Å². The summed E-state index contributed by atoms with van der Waals surface area (Å²) in [6, 6.07) is 0. The van der Waals surface area contributed by atoms with Gasteiger partial charge >= 0.3 is 0 Å². The van der Waals surface area contributed by atoms with E-state index in [0.717, 1.165) is 34.0 Å². The number of hydrogen-bond donors (Lipinski definition) is 0. The smallest absolute Gasteiger partial charge is 0.263 e. The van der Waals surface area contributed by atoms with Crippen LogP contribution in [-0.2, 0) is 19.4 Å². The summed E-state index contributed by atoms with van der Waals surface area (Å²) in [5.74, 6) is 1.39. The minimum absolute atomic E-state index is 0.0862. The molecule has 0 unspecified atom stereocenters. The largest absolute Gasteiger partial charge is 0.283 e. The van der Waals surface area contributed by atoms with Crippen LogP contribution in [0.4, 0.5) is 0 Å². The molecule has 3 nitrogen and oxygen atoms in total. The second-order valence-corrected chi connectivity index (χ2v) is 7.80. The summed E-state index contributed by atoms with van der Waals surface area (Å²) in [6.07, 6.45) is 6.88. The van der Waals surface area contributed by atoms with Gasteiger partial charge in [0, 0.05) is 17.2 Å². The highest BCUT2D eigenvalue weighted by Crippen LogP contribution is 2.36. The van der Waals surface area contributed by atoms with Crippen LogP contribution in [0.15, 0.2) is 35.3 Å². The quantitative estimate of drug-likeness (QED) is 0.471. The molecule has 0 amide bonds. The molecular formula is C17H20N2OS2. The second-order valence-electron chi connectivity index (χ2n) is 5.73. The van der Waals surface area contributed by atoms with Crippen LogP contribution < -0.4 is 5.56 Å². The predicted molar refractivity (Wildman–Crippen MR) is 96.2 cm³/mol. The van der Waals surface area contributed by atoms with Crippen molar-refractivity contribution in [3.05, 3.63) is 46.1 Å². The Bertz CT molecular complexity index is 788. The maximum atomic E-state index is 13.0. The van der Waals surface area contributed by atoms with Crippen molar-refractivity contribution >= 4 is 33.3 Å². The Morgan fingerprint density at radius 1 is 1.45 bits per heavy atom. The molecule has 116 valence electrons. The highest BCUT2D eigenvalue weighted by molar-refractivity contribution is 7.99. The van der Waals surface area contributed by atoms with E-state index in [1.165, 1.54) is 16.9 Å². The number of rotatable bonds is 5. The standard InChI is InChI=1S/C17H20N2OS2/c1-4-8-19-16(20)14-12-10-11(3)6-7-13(12)22-15(14)18-17(19)21-9-5-2/h4-5,11H,1-2,6-10H2,3H3/t11-/m1/s1. The summed E-state index contributed by atoms with van der Waals surface area (Å²) < 4.78 is 1.75. The molecule has 0 bridgehead atoms. The normalized spacial score (nSPS) is 17.4. The summed E-state index contributed by atoms with van der Waals surface area (Å²) in [5.41, 5.74) is 1.33. The molecule has 2 aromatic rings. The highest BCUT2D eigenvalue weighted by atomic mass is 32.2. The lowest BCUT2D eigenvalue weighted by atomic mass is 9.89. The predicted octanol–water partition coefficient (Wildman–Crippen LogP) is 4.05. The number of nitrogens with zero attached hydrogens (tertiary/aromatic N) is 2. The monoisotopic (exact) mass is 332 g/mol. The lowest BCUT2D eigenvalue weighted by Crippen LogP contribution is -2.23. The Morgan fingerprint density at radius 3 is 3.00 bits per heavy atom. The Kier molecular flexibility index (Phi) is 4.54. The summed E-state index contributed by atoms with van der Waals surface area (Å²) in [5, 5.41) is 1.61. The van der Waals surface area contributed by atoms with Crippen LogP contribution in [0.2, 0.25) is 0 Å². The molecule has 0 aliphatic heterocycles. The van der Waals surface area contributed by atoms with Crippen molar-refractivity contribution in [2.75, 3.05) is 5.75 Å². The molecule has 0 spiro atoms. The average Bonchev–Trinajstić information content (AvgIpc) is 2.86. The first kappa shape index (κ1) is 15.6. The van der Waals surface area contributed by atoms with Crippen molar-refractivity contribution in [3.8, 4) is 0 Å². The van der Waals surface area contributed by atoms with Crippen LogP contribution in [0.3, 0.4) is 0 Å². The topological polar surface area (TPSA) is 34.9 Å². The van der Waals surface area contributed by atoms with Crippen LogP contribution in [0.5, 0.6) is 0 Å². The van der Waals surface area contributed by atoms with Gasteiger partial charge in [0.1, 0.15) is 4.83 Å². The third-order valence-corrected chi connectivity index (χ3v) is 6.18. The van der Waals surface area contributed by atoms with Gasteiger partial charge in [-0.1, -0.05) is 30.8 Å². The van der Waals surface area contributed by atoms with Gasteiger partial charge < -0.3 is 0 Å². The molecule has 5 heteroatoms. The minimum Gasteiger partial charge on any atom is -0.283 e. The van der Waals surface area contributed by atoms with Gasteiger partial charge in [-0.15, -0.1) is 24.5 Å². The summed E-state index contributed by atoms with van der Waals surface area (Å²) in [6.45, 7) is 10.3. The third-order valence-electron chi connectivity index (χ3n) is 4.02. The fraction of sp³-hybridized carbons (Fsp3) is 0.412. The lowest BCUT2D eigenvalue weighted by Gasteiger charge is -2.18. The molecule has 0 radical (unpaired) electrons. The fourth-order valence-corrected chi connectivity index (χ4v) is 4.95. The van der Waals surface area contributed by atoms with Crippen LogP contribution >= 0.6 is 23.1 Å². The first-order chi connectivity index (χ1) is 10.7. The molecule has 1 aliphatic rings. The molecule has 2 aromatic heterocycles. The van der Waals surface area contributed by atoms with E-state index >= 15 is 0 Å². The van der Waals surface area contributed by atoms with E-state index in [0.29, 0.717) is 12.5 Å². The van der Waals surface area contributed by atoms with E-state index in [1.54, 1.807) is 33.7 Å². The molecule has 3 rings (SSSR count). The lowest BCUT2D eigenvalue weighted by molar-refractivity contribution is 0.508. The average molecular weight is 332 g/mol. The van der Waals surface area contributed by atoms with Crippen molar-refractivity contribution in [2.45, 2.75) is 37.9 Å². The van der Waals surface area contributed by atoms with Gasteiger partial charge in [0.2, 0.25) is 0 Å². The van der Waals surface area contributed by atoms with Crippen LogP contribution in [0, 0.1) is 5.92 Å². The molecule has 1 atom stereocenters. The number of hydrogen-bond acceptors (Lipinski definition) is 4. The van der Waals surface area contributed by atoms with Gasteiger partial charge in [-0.3, -0.25) is 9.36 Å². The van der Waals surface area contributed by atoms with Crippen LogP contribution in [0.1, 0.15) is 23.8 Å². The molecule has 2 heterocycles. The molecular weight excluding hydrogens is 312 g/mol. The number of thioether (sulfide) groups is 1. The number of fused-ring (bicyclic) bond motifs is 3. The molecule has 0 aromatic carbocycles. The Morgan fingerprint density at radius 2 is 2.27 bits per heavy atom. The molecule has 22 heavy (non-hydrogen) atoms. The Labute approximate surface area is 138 Å². The highest BCUT2D eigenvalue weighted by Gasteiger charge is 2.24. The maximum Gasteiger partial charge on any atom is 0.263 e. The summed E-state index contributed by atoms with van der Waals surface area (Å²) in [7, 11) is 0. The second kappa shape index (κ2) is 6.42. The zero-order chi connectivity index (χ0) is 15.7. The summed E-state index contributed by atoms with van der Waals surface area (Å²) in [4.78, 5) is 20.0. The van der Waals surface area contributed by atoms with Crippen LogP contribution in [-0.4, -0.2) is 15.3 Å². The van der Waals surface area contributed by atoms with Gasteiger partial charge in [0.25, 0.3) is 5.56 Å². The molecule has 0 fully saturated rings. The van der Waals surface area contributed by atoms with Gasteiger partial charge in [0.15, 0.2) is 5.16 Å². The Hall–Kier alpha value is -1.33. The third kappa shape index (κ3) is 2.68. The SMILES string of the molecule is C=CCSc1nc2sc3c(c2c(=O)n1CC=C)C[C@H](C)CC3. The van der Waals surface area contributed by atoms with Gasteiger partial charge in [-0.25, -0.2) is 4.98 Å². The van der Waals surface area contributed by atoms with Crippen molar-refractivity contribution in [1.29, 1.82) is 0 Å². The van der Waals surface area contributed by atoms with Gasteiger partial charge in [-0.05, 0) is 30.7 Å². The van der Waals surface area contributed by atoms with E-state index in [4.69, 9.17) is 4.98 Å². The first-order valence-electron chi connectivity index (χ1n) is 7.55. The van der Waals surface area contributed by atoms with Crippen LogP contribution in [0.25, 0.3) is 10.2 Å². The van der Waals surface area contributed by atoms with Gasteiger partial charge in [-0.2, -0.15) is 0 Å². The van der Waals surface area contributed by atoms with E-state index in [1.807, 2.05) is 6.08 Å². The maximum absolute atomic E-state index is 13.0. The van der Waals surface area contributed by atoms with Crippen molar-refractivity contribution in [3.63, 3.8) is 0 Å². The van der Waals surface area contributed by atoms with Crippen molar-refractivity contribution in [2.24, 2.45) is 5.92 Å². The number of thiophene rings is 1. The molecule has 0 saturated heterocycles. The number of aryl methyl sites for hydroxylation is 1. The summed E-state index contributed by atoms with van der Waals surface area (Å²) >= 11 is 3.26. The zero-order valence-corrected chi connectivity index (χ0v) is 14.4. The minimum atomic E-state index is 0.0862. The first-order valence-corrected chi connectivity index (χ1v) is 9.35. The molecule has 0 N–H and O–H groups in total. The van der Waals surface area contributed by atoms with E-state index in [2.05, 4.69) is 20.1 Å². The van der Waals surface area contributed by atoms with E-state index in [-0.39, 0.29) is 5.56 Å². The molecule has 0 saturated carbocycles. The molecule has 1 aliphatic carbocycles. The Balaban J connectivity index is 2.22. The van der Waals surface area contributed by atoms with E-state index < -0.39 is 0 Å². The van der Waals surface area contributed by atoms with Crippen molar-refractivity contribution < 1.29 is 0 Å². The number of aromatic nitrogens is 2. The zero-order valence-electron chi connectivity index (χ0n) is 12.8. The fourth-order valence-electron chi connectivity index (χ4n) is 2.95. The van der Waals surface area contributed by atoms with E-state index in [9.17, 15) is 4.79 Å². The number of allylic oxidation sites excluding steroid dienone is 1. The van der Waals surface area contributed by atoms with Crippen molar-refractivity contribution in [1.82, 2.24) is 9.55 Å².